The number of aryl methyl sites for hydroxylation is 2. The molecule has 0 saturated heterocycles. The van der Waals surface area contributed by atoms with Gasteiger partial charge < -0.3 is 4.74 Å². The second-order valence-corrected chi connectivity index (χ2v) is 9.28. The number of carbonyl (C=O) groups excluding carboxylic acids is 1. The molecule has 0 atom stereocenters. The fraction of sp³-hybridized carbons (Fsp3) is 0.160. The van der Waals surface area contributed by atoms with Gasteiger partial charge in [0.2, 0.25) is 0 Å². The van der Waals surface area contributed by atoms with Gasteiger partial charge in [-0.15, -0.1) is 0 Å². The van der Waals surface area contributed by atoms with Gasteiger partial charge in [-0.3, -0.25) is 9.10 Å². The molecular weight excluding hydrogens is 452 g/mol. The van der Waals surface area contributed by atoms with Crippen molar-refractivity contribution >= 4 is 27.8 Å². The van der Waals surface area contributed by atoms with Gasteiger partial charge in [0.25, 0.3) is 15.9 Å². The zero-order chi connectivity index (χ0) is 24.6. The molecule has 0 fully saturated rings. The number of nitrogens with one attached hydrogen (secondary N) is 1. The lowest BCUT2D eigenvalue weighted by Gasteiger charge is -2.25. The van der Waals surface area contributed by atoms with Crippen LogP contribution in [-0.4, -0.2) is 33.7 Å². The Morgan fingerprint density at radius 1 is 1.06 bits per heavy atom. The standard InChI is InChI=1S/C25H24N4O4S/c1-19-7-13-23(14-8-19)34(31,32)29(24-6-4-3-5-20(24)2)18-25(30)28-27-17-21-9-11-22(12-10-21)33-16-15-26/h3-14,17H,16,18H2,1-2H3,(H,28,30)/b27-17-. The number of ether oxygens (including phenoxy) is 1. The van der Waals surface area contributed by atoms with E-state index in [2.05, 4.69) is 10.5 Å². The SMILES string of the molecule is Cc1ccc(S(=O)(=O)N(CC(=O)N/N=C\c2ccc(OCC#N)cc2)c2ccccc2C)cc1. The third-order valence-electron chi connectivity index (χ3n) is 4.87. The Balaban J connectivity index is 1.77. The van der Waals surface area contributed by atoms with Gasteiger partial charge >= 0.3 is 0 Å². The lowest BCUT2D eigenvalue weighted by Crippen LogP contribution is -2.40. The minimum atomic E-state index is -3.99. The molecule has 0 aliphatic carbocycles. The van der Waals surface area contributed by atoms with Gasteiger partial charge in [0.1, 0.15) is 18.4 Å². The molecule has 3 aromatic rings. The summed E-state index contributed by atoms with van der Waals surface area (Å²) in [7, 11) is -3.99. The number of hydrogen-bond acceptors (Lipinski definition) is 6. The largest absolute Gasteiger partial charge is 0.479 e. The van der Waals surface area contributed by atoms with Crippen molar-refractivity contribution in [3.63, 3.8) is 0 Å². The number of hydrazone groups is 1. The maximum atomic E-state index is 13.4. The van der Waals surface area contributed by atoms with Gasteiger partial charge in [-0.05, 0) is 67.4 Å². The Bertz CT molecular complexity index is 1310. The molecule has 9 heteroatoms. The van der Waals surface area contributed by atoms with Crippen molar-refractivity contribution in [1.82, 2.24) is 5.43 Å². The van der Waals surface area contributed by atoms with Crippen molar-refractivity contribution in [3.05, 3.63) is 89.5 Å². The van der Waals surface area contributed by atoms with Gasteiger partial charge in [-0.2, -0.15) is 10.4 Å². The van der Waals surface area contributed by atoms with Crippen LogP contribution >= 0.6 is 0 Å². The maximum Gasteiger partial charge on any atom is 0.264 e. The highest BCUT2D eigenvalue weighted by Gasteiger charge is 2.28. The van der Waals surface area contributed by atoms with Crippen LogP contribution in [-0.2, 0) is 14.8 Å². The van der Waals surface area contributed by atoms with Crippen molar-refractivity contribution in [2.24, 2.45) is 5.10 Å². The zero-order valence-electron chi connectivity index (χ0n) is 18.8. The number of para-hydroxylation sites is 1. The summed E-state index contributed by atoms with van der Waals surface area (Å²) < 4.78 is 33.1. The van der Waals surface area contributed by atoms with Gasteiger partial charge in [0, 0.05) is 0 Å². The monoisotopic (exact) mass is 476 g/mol. The summed E-state index contributed by atoms with van der Waals surface area (Å²) in [5.74, 6) is -0.0536. The molecule has 174 valence electrons. The summed E-state index contributed by atoms with van der Waals surface area (Å²) in [6.45, 7) is 3.16. The predicted molar refractivity (Wildman–Crippen MR) is 130 cm³/mol. The average molecular weight is 477 g/mol. The molecule has 3 rings (SSSR count). The number of benzene rings is 3. The highest BCUT2D eigenvalue weighted by Crippen LogP contribution is 2.26. The summed E-state index contributed by atoms with van der Waals surface area (Å²) >= 11 is 0. The molecule has 0 spiro atoms. The second kappa shape index (κ2) is 11.1. The number of anilines is 1. The number of amides is 1. The topological polar surface area (TPSA) is 112 Å². The van der Waals surface area contributed by atoms with E-state index in [1.807, 2.05) is 13.0 Å². The van der Waals surface area contributed by atoms with Crippen LogP contribution in [0.1, 0.15) is 16.7 Å². The van der Waals surface area contributed by atoms with Crippen LogP contribution in [0.15, 0.2) is 82.8 Å². The van der Waals surface area contributed by atoms with Gasteiger partial charge in [0.05, 0.1) is 16.8 Å². The third kappa shape index (κ3) is 6.21. The van der Waals surface area contributed by atoms with Crippen LogP contribution in [0.4, 0.5) is 5.69 Å². The summed E-state index contributed by atoms with van der Waals surface area (Å²) in [5, 5.41) is 12.5. The maximum absolute atomic E-state index is 13.4. The Labute approximate surface area is 199 Å². The molecule has 0 saturated carbocycles. The fourth-order valence-electron chi connectivity index (χ4n) is 3.09. The predicted octanol–water partition coefficient (Wildman–Crippen LogP) is 3.55. The van der Waals surface area contributed by atoms with E-state index in [9.17, 15) is 13.2 Å². The Kier molecular flexibility index (Phi) is 8.01. The molecular formula is C25H24N4O4S. The van der Waals surface area contributed by atoms with Crippen LogP contribution in [0, 0.1) is 25.2 Å². The molecule has 0 heterocycles. The first-order valence-corrected chi connectivity index (χ1v) is 11.8. The molecule has 0 bridgehead atoms. The molecule has 34 heavy (non-hydrogen) atoms. The van der Waals surface area contributed by atoms with E-state index >= 15 is 0 Å². The first kappa shape index (κ1) is 24.5. The van der Waals surface area contributed by atoms with E-state index in [-0.39, 0.29) is 11.5 Å². The summed E-state index contributed by atoms with van der Waals surface area (Å²) in [5.41, 5.74) is 5.13. The van der Waals surface area contributed by atoms with E-state index < -0.39 is 22.5 Å². The minimum absolute atomic E-state index is 0.0492. The van der Waals surface area contributed by atoms with Crippen LogP contribution < -0.4 is 14.5 Å². The second-order valence-electron chi connectivity index (χ2n) is 7.42. The van der Waals surface area contributed by atoms with E-state index in [0.717, 1.165) is 9.87 Å². The molecule has 0 aliphatic heterocycles. The number of hydrogen-bond donors (Lipinski definition) is 1. The summed E-state index contributed by atoms with van der Waals surface area (Å²) in [6.07, 6.45) is 1.43. The highest BCUT2D eigenvalue weighted by molar-refractivity contribution is 7.92. The molecule has 0 radical (unpaired) electrons. The number of nitriles is 1. The lowest BCUT2D eigenvalue weighted by atomic mass is 10.2. The molecule has 3 aromatic carbocycles. The number of rotatable bonds is 9. The van der Waals surface area contributed by atoms with E-state index in [1.165, 1.54) is 18.3 Å². The van der Waals surface area contributed by atoms with E-state index in [0.29, 0.717) is 22.6 Å². The van der Waals surface area contributed by atoms with Crippen molar-refractivity contribution in [3.8, 4) is 11.8 Å². The molecule has 0 unspecified atom stereocenters. The van der Waals surface area contributed by atoms with Crippen LogP contribution in [0.25, 0.3) is 0 Å². The smallest absolute Gasteiger partial charge is 0.264 e. The van der Waals surface area contributed by atoms with Crippen LogP contribution in [0.5, 0.6) is 5.75 Å². The van der Waals surface area contributed by atoms with Gasteiger partial charge in [-0.1, -0.05) is 35.9 Å². The van der Waals surface area contributed by atoms with Crippen molar-refractivity contribution in [2.45, 2.75) is 18.7 Å². The first-order valence-electron chi connectivity index (χ1n) is 10.4. The molecule has 1 amide bonds. The van der Waals surface area contributed by atoms with Gasteiger partial charge in [0.15, 0.2) is 6.61 Å². The number of nitrogens with zero attached hydrogens (tertiary/aromatic N) is 3. The fourth-order valence-corrected chi connectivity index (χ4v) is 4.58. The Hall–Kier alpha value is -4.16. The quantitative estimate of drug-likeness (QED) is 0.375. The van der Waals surface area contributed by atoms with Crippen molar-refractivity contribution in [2.75, 3.05) is 17.5 Å². The number of sulfonamides is 1. The van der Waals surface area contributed by atoms with Gasteiger partial charge in [-0.25, -0.2) is 13.8 Å². The minimum Gasteiger partial charge on any atom is -0.479 e. The molecule has 0 aromatic heterocycles. The Morgan fingerprint density at radius 2 is 1.74 bits per heavy atom. The lowest BCUT2D eigenvalue weighted by molar-refractivity contribution is -0.119. The van der Waals surface area contributed by atoms with Crippen molar-refractivity contribution in [1.29, 1.82) is 5.26 Å². The molecule has 1 N–H and O–H groups in total. The molecule has 8 nitrogen and oxygen atoms in total. The molecule has 0 aliphatic rings. The van der Waals surface area contributed by atoms with E-state index in [4.69, 9.17) is 10.00 Å². The Morgan fingerprint density at radius 3 is 2.38 bits per heavy atom. The zero-order valence-corrected chi connectivity index (χ0v) is 19.6. The average Bonchev–Trinajstić information content (AvgIpc) is 2.83. The third-order valence-corrected chi connectivity index (χ3v) is 6.64. The normalized spacial score (nSPS) is 11.1. The van der Waals surface area contributed by atoms with Crippen LogP contribution in [0.3, 0.4) is 0 Å². The van der Waals surface area contributed by atoms with Crippen molar-refractivity contribution < 1.29 is 17.9 Å². The number of carbonyl (C=O) groups is 1. The van der Waals surface area contributed by atoms with Crippen LogP contribution in [0.2, 0.25) is 0 Å². The summed E-state index contributed by atoms with van der Waals surface area (Å²) in [4.78, 5) is 12.7. The highest BCUT2D eigenvalue weighted by atomic mass is 32.2. The van der Waals surface area contributed by atoms with E-state index in [1.54, 1.807) is 67.6 Å². The first-order chi connectivity index (χ1) is 16.3. The summed E-state index contributed by atoms with van der Waals surface area (Å²) in [6, 6.07) is 22.1.